The zero-order valence-electron chi connectivity index (χ0n) is 14.0. The van der Waals surface area contributed by atoms with Crippen molar-refractivity contribution in [3.63, 3.8) is 0 Å². The highest BCUT2D eigenvalue weighted by molar-refractivity contribution is 5.77. The zero-order valence-corrected chi connectivity index (χ0v) is 14.0. The van der Waals surface area contributed by atoms with Crippen molar-refractivity contribution in [2.45, 2.75) is 33.1 Å². The van der Waals surface area contributed by atoms with Gasteiger partial charge in [0.2, 0.25) is 0 Å². The first-order valence-corrected chi connectivity index (χ1v) is 7.97. The molecule has 5 nitrogen and oxygen atoms in total. The molecule has 0 saturated carbocycles. The summed E-state index contributed by atoms with van der Waals surface area (Å²) in [6.45, 7) is 9.66. The van der Waals surface area contributed by atoms with Crippen molar-refractivity contribution in [1.29, 1.82) is 0 Å². The van der Waals surface area contributed by atoms with Crippen LogP contribution < -0.4 is 15.8 Å². The normalized spacial score (nSPS) is 11.7. The number of aliphatic imine (C=N–C) groups is 1. The lowest BCUT2D eigenvalue weighted by Gasteiger charge is -2.10. The third-order valence-corrected chi connectivity index (χ3v) is 3.16. The number of nitrogens with one attached hydrogen (secondary N) is 1. The molecule has 0 fully saturated rings. The summed E-state index contributed by atoms with van der Waals surface area (Å²) in [5, 5.41) is 3.04. The highest BCUT2D eigenvalue weighted by Crippen LogP contribution is 2.18. The SMILES string of the molecule is CCOCCCN=C(N)NCCOc1ccc(C(C)C)cc1. The number of guanidine groups is 1. The van der Waals surface area contributed by atoms with Gasteiger partial charge in [0.15, 0.2) is 5.96 Å². The van der Waals surface area contributed by atoms with Crippen LogP contribution in [0.15, 0.2) is 29.3 Å². The Morgan fingerprint density at radius 3 is 2.59 bits per heavy atom. The van der Waals surface area contributed by atoms with Crippen molar-refractivity contribution in [2.24, 2.45) is 10.7 Å². The van der Waals surface area contributed by atoms with E-state index in [1.807, 2.05) is 19.1 Å². The molecule has 0 heterocycles. The molecule has 0 spiro atoms. The van der Waals surface area contributed by atoms with Gasteiger partial charge in [0.1, 0.15) is 12.4 Å². The lowest BCUT2D eigenvalue weighted by Crippen LogP contribution is -2.34. The van der Waals surface area contributed by atoms with Gasteiger partial charge < -0.3 is 20.5 Å². The Morgan fingerprint density at radius 2 is 1.95 bits per heavy atom. The summed E-state index contributed by atoms with van der Waals surface area (Å²) in [6.07, 6.45) is 0.884. The summed E-state index contributed by atoms with van der Waals surface area (Å²) < 4.78 is 10.9. The van der Waals surface area contributed by atoms with Crippen LogP contribution in [0.5, 0.6) is 5.75 Å². The molecule has 0 aromatic heterocycles. The minimum Gasteiger partial charge on any atom is -0.492 e. The third-order valence-electron chi connectivity index (χ3n) is 3.16. The van der Waals surface area contributed by atoms with E-state index in [1.54, 1.807) is 0 Å². The fourth-order valence-corrected chi connectivity index (χ4v) is 1.86. The fraction of sp³-hybridized carbons (Fsp3) is 0.588. The molecule has 22 heavy (non-hydrogen) atoms. The van der Waals surface area contributed by atoms with E-state index in [0.717, 1.165) is 25.4 Å². The molecule has 0 bridgehead atoms. The highest BCUT2D eigenvalue weighted by Gasteiger charge is 1.99. The summed E-state index contributed by atoms with van der Waals surface area (Å²) in [5.41, 5.74) is 7.08. The van der Waals surface area contributed by atoms with Crippen LogP contribution in [0.25, 0.3) is 0 Å². The van der Waals surface area contributed by atoms with Crippen LogP contribution >= 0.6 is 0 Å². The molecule has 0 unspecified atom stereocenters. The van der Waals surface area contributed by atoms with Crippen LogP contribution in [-0.2, 0) is 4.74 Å². The molecule has 0 saturated heterocycles. The second-order valence-electron chi connectivity index (χ2n) is 5.32. The molecule has 1 aromatic carbocycles. The van der Waals surface area contributed by atoms with Gasteiger partial charge in [-0.1, -0.05) is 26.0 Å². The van der Waals surface area contributed by atoms with Crippen molar-refractivity contribution >= 4 is 5.96 Å². The molecule has 5 heteroatoms. The van der Waals surface area contributed by atoms with Gasteiger partial charge in [0.05, 0.1) is 6.54 Å². The quantitative estimate of drug-likeness (QED) is 0.396. The van der Waals surface area contributed by atoms with E-state index in [1.165, 1.54) is 5.56 Å². The van der Waals surface area contributed by atoms with E-state index in [9.17, 15) is 0 Å². The van der Waals surface area contributed by atoms with Gasteiger partial charge in [0, 0.05) is 19.8 Å². The summed E-state index contributed by atoms with van der Waals surface area (Å²) in [7, 11) is 0. The van der Waals surface area contributed by atoms with Crippen molar-refractivity contribution in [2.75, 3.05) is 32.9 Å². The fourth-order valence-electron chi connectivity index (χ4n) is 1.86. The number of hydrogen-bond donors (Lipinski definition) is 2. The number of nitrogens with two attached hydrogens (primary N) is 1. The average molecular weight is 307 g/mol. The van der Waals surface area contributed by atoms with Crippen LogP contribution in [0.1, 0.15) is 38.7 Å². The van der Waals surface area contributed by atoms with E-state index < -0.39 is 0 Å². The Hall–Kier alpha value is -1.75. The Balaban J connectivity index is 2.14. The summed E-state index contributed by atoms with van der Waals surface area (Å²) in [4.78, 5) is 4.22. The van der Waals surface area contributed by atoms with Crippen molar-refractivity contribution in [1.82, 2.24) is 5.32 Å². The number of nitrogens with zero attached hydrogens (tertiary/aromatic N) is 1. The van der Waals surface area contributed by atoms with Gasteiger partial charge in [0.25, 0.3) is 0 Å². The first kappa shape index (κ1) is 18.3. The monoisotopic (exact) mass is 307 g/mol. The number of hydrogen-bond acceptors (Lipinski definition) is 3. The maximum absolute atomic E-state index is 5.76. The molecule has 0 atom stereocenters. The van der Waals surface area contributed by atoms with E-state index in [4.69, 9.17) is 15.2 Å². The lowest BCUT2D eigenvalue weighted by atomic mass is 10.0. The Morgan fingerprint density at radius 1 is 1.23 bits per heavy atom. The van der Waals surface area contributed by atoms with Crippen LogP contribution in [0.4, 0.5) is 0 Å². The third kappa shape index (κ3) is 7.88. The zero-order chi connectivity index (χ0) is 16.2. The summed E-state index contributed by atoms with van der Waals surface area (Å²) >= 11 is 0. The molecule has 3 N–H and O–H groups in total. The van der Waals surface area contributed by atoms with E-state index in [2.05, 4.69) is 36.3 Å². The van der Waals surface area contributed by atoms with E-state index in [-0.39, 0.29) is 0 Å². The van der Waals surface area contributed by atoms with Crippen LogP contribution in [0.2, 0.25) is 0 Å². The standard InChI is InChI=1S/C17H29N3O2/c1-4-21-12-5-10-19-17(18)20-11-13-22-16-8-6-15(7-9-16)14(2)3/h6-9,14H,4-5,10-13H2,1-3H3,(H3,18,19,20). The van der Waals surface area contributed by atoms with Gasteiger partial charge in [-0.25, -0.2) is 0 Å². The number of benzene rings is 1. The molecule has 1 aromatic rings. The first-order chi connectivity index (χ1) is 10.6. The highest BCUT2D eigenvalue weighted by atomic mass is 16.5. The van der Waals surface area contributed by atoms with E-state index >= 15 is 0 Å². The van der Waals surface area contributed by atoms with Crippen molar-refractivity contribution < 1.29 is 9.47 Å². The predicted molar refractivity (Wildman–Crippen MR) is 91.6 cm³/mol. The van der Waals surface area contributed by atoms with Crippen molar-refractivity contribution in [3.8, 4) is 5.75 Å². The van der Waals surface area contributed by atoms with Crippen LogP contribution in [0, 0.1) is 0 Å². The molecule has 0 aliphatic carbocycles. The maximum atomic E-state index is 5.76. The smallest absolute Gasteiger partial charge is 0.188 e. The molecular weight excluding hydrogens is 278 g/mol. The van der Waals surface area contributed by atoms with Gasteiger partial charge >= 0.3 is 0 Å². The van der Waals surface area contributed by atoms with Gasteiger partial charge in [-0.05, 0) is 37.0 Å². The average Bonchev–Trinajstić information content (AvgIpc) is 2.52. The van der Waals surface area contributed by atoms with Crippen LogP contribution in [-0.4, -0.2) is 38.9 Å². The van der Waals surface area contributed by atoms with Gasteiger partial charge in [-0.3, -0.25) is 4.99 Å². The Labute approximate surface area is 133 Å². The second kappa shape index (κ2) is 10.9. The molecule has 124 valence electrons. The number of ether oxygens (including phenoxy) is 2. The minimum absolute atomic E-state index is 0.454. The summed E-state index contributed by atoms with van der Waals surface area (Å²) in [5.74, 6) is 1.86. The second-order valence-corrected chi connectivity index (χ2v) is 5.32. The van der Waals surface area contributed by atoms with Gasteiger partial charge in [-0.15, -0.1) is 0 Å². The Bertz CT molecular complexity index is 430. The first-order valence-electron chi connectivity index (χ1n) is 7.97. The molecule has 0 radical (unpaired) electrons. The largest absolute Gasteiger partial charge is 0.492 e. The molecular formula is C17H29N3O2. The summed E-state index contributed by atoms with van der Waals surface area (Å²) in [6, 6.07) is 8.20. The van der Waals surface area contributed by atoms with Crippen molar-refractivity contribution in [3.05, 3.63) is 29.8 Å². The maximum Gasteiger partial charge on any atom is 0.188 e. The molecule has 0 aliphatic rings. The van der Waals surface area contributed by atoms with Crippen LogP contribution in [0.3, 0.4) is 0 Å². The van der Waals surface area contributed by atoms with E-state index in [0.29, 0.717) is 31.6 Å². The predicted octanol–water partition coefficient (Wildman–Crippen LogP) is 2.52. The molecule has 0 amide bonds. The topological polar surface area (TPSA) is 68.9 Å². The number of rotatable bonds is 10. The minimum atomic E-state index is 0.454. The Kier molecular flexibility index (Phi) is 9.07. The lowest BCUT2D eigenvalue weighted by molar-refractivity contribution is 0.146. The molecule has 1 rings (SSSR count). The molecule has 0 aliphatic heterocycles. The van der Waals surface area contributed by atoms with Gasteiger partial charge in [-0.2, -0.15) is 0 Å².